The van der Waals surface area contributed by atoms with Crippen LogP contribution in [-0.2, 0) is 4.79 Å². The Labute approximate surface area is 124 Å². The van der Waals surface area contributed by atoms with E-state index >= 15 is 0 Å². The molecule has 1 aliphatic rings. The Morgan fingerprint density at radius 2 is 1.95 bits per heavy atom. The molecular weight excluding hydrogens is 270 g/mol. The highest BCUT2D eigenvalue weighted by Crippen LogP contribution is 2.30. The average Bonchev–Trinajstić information content (AvgIpc) is 3.21. The zero-order valence-corrected chi connectivity index (χ0v) is 12.4. The molecule has 1 fully saturated rings. The maximum absolute atomic E-state index is 12.3. The predicted octanol–water partition coefficient (Wildman–Crippen LogP) is 2.08. The fourth-order valence-electron chi connectivity index (χ4n) is 2.16. The molecule has 2 N–H and O–H groups in total. The Morgan fingerprint density at radius 1 is 1.29 bits per heavy atom. The Morgan fingerprint density at radius 3 is 2.52 bits per heavy atom. The molecular formula is C15H21N3O3. The van der Waals surface area contributed by atoms with Crippen LogP contribution in [0.3, 0.4) is 0 Å². The number of hydrogen-bond acceptors (Lipinski definition) is 3. The van der Waals surface area contributed by atoms with Gasteiger partial charge in [-0.25, -0.2) is 4.79 Å². The molecule has 1 aromatic rings. The molecule has 0 atom stereocenters. The Bertz CT molecular complexity index is 527. The van der Waals surface area contributed by atoms with E-state index in [0.29, 0.717) is 18.2 Å². The average molecular weight is 291 g/mol. The summed E-state index contributed by atoms with van der Waals surface area (Å²) in [5, 5.41) is 11.8. The molecule has 0 aromatic heterocycles. The topological polar surface area (TPSA) is 72.9 Å². The molecule has 0 saturated heterocycles. The summed E-state index contributed by atoms with van der Waals surface area (Å²) in [4.78, 5) is 26.5. The van der Waals surface area contributed by atoms with Crippen molar-refractivity contribution in [2.45, 2.75) is 12.8 Å². The van der Waals surface area contributed by atoms with Crippen molar-refractivity contribution in [2.75, 3.05) is 37.4 Å². The van der Waals surface area contributed by atoms with Gasteiger partial charge in [-0.1, -0.05) is 12.1 Å². The number of carbonyl (C=O) groups excluding carboxylic acids is 1. The molecule has 0 unspecified atom stereocenters. The Hall–Kier alpha value is -2.24. The van der Waals surface area contributed by atoms with Gasteiger partial charge in [0.15, 0.2) is 0 Å². The lowest BCUT2D eigenvalue weighted by Crippen LogP contribution is -2.40. The highest BCUT2D eigenvalue weighted by Gasteiger charge is 2.28. The SMILES string of the molecule is CN(C)c1ccccc1NC(=O)N(CC(=O)O)CC1CC1. The van der Waals surface area contributed by atoms with Crippen LogP contribution in [0.5, 0.6) is 0 Å². The summed E-state index contributed by atoms with van der Waals surface area (Å²) >= 11 is 0. The monoisotopic (exact) mass is 291 g/mol. The van der Waals surface area contributed by atoms with E-state index < -0.39 is 5.97 Å². The van der Waals surface area contributed by atoms with Crippen molar-refractivity contribution in [3.05, 3.63) is 24.3 Å². The van der Waals surface area contributed by atoms with Crippen molar-refractivity contribution < 1.29 is 14.7 Å². The molecule has 21 heavy (non-hydrogen) atoms. The first-order valence-electron chi connectivity index (χ1n) is 7.01. The number of amides is 2. The lowest BCUT2D eigenvalue weighted by molar-refractivity contribution is -0.137. The first-order valence-corrected chi connectivity index (χ1v) is 7.01. The number of carboxylic acids is 1. The van der Waals surface area contributed by atoms with Crippen molar-refractivity contribution in [2.24, 2.45) is 5.92 Å². The van der Waals surface area contributed by atoms with Gasteiger partial charge >= 0.3 is 12.0 Å². The summed E-state index contributed by atoms with van der Waals surface area (Å²) < 4.78 is 0. The molecule has 0 aliphatic heterocycles. The third-order valence-electron chi connectivity index (χ3n) is 3.42. The second-order valence-corrected chi connectivity index (χ2v) is 5.56. The summed E-state index contributed by atoms with van der Waals surface area (Å²) in [6.07, 6.45) is 2.13. The van der Waals surface area contributed by atoms with Crippen LogP contribution in [0.4, 0.5) is 16.2 Å². The number of benzene rings is 1. The van der Waals surface area contributed by atoms with Crippen LogP contribution in [0.25, 0.3) is 0 Å². The number of rotatable bonds is 6. The minimum Gasteiger partial charge on any atom is -0.480 e. The lowest BCUT2D eigenvalue weighted by atomic mass is 10.2. The summed E-state index contributed by atoms with van der Waals surface area (Å²) in [7, 11) is 3.79. The summed E-state index contributed by atoms with van der Waals surface area (Å²) in [5.74, 6) is -0.550. The van der Waals surface area contributed by atoms with Gasteiger partial charge < -0.3 is 20.2 Å². The third kappa shape index (κ3) is 4.37. The van der Waals surface area contributed by atoms with E-state index in [0.717, 1.165) is 18.5 Å². The maximum Gasteiger partial charge on any atom is 0.323 e. The number of nitrogens with one attached hydrogen (secondary N) is 1. The lowest BCUT2D eigenvalue weighted by Gasteiger charge is -2.23. The van der Waals surface area contributed by atoms with E-state index in [1.54, 1.807) is 0 Å². The van der Waals surface area contributed by atoms with Crippen LogP contribution >= 0.6 is 0 Å². The molecule has 2 rings (SSSR count). The van der Waals surface area contributed by atoms with E-state index in [1.165, 1.54) is 4.90 Å². The fourth-order valence-corrected chi connectivity index (χ4v) is 2.16. The summed E-state index contributed by atoms with van der Waals surface area (Å²) in [6.45, 7) is 0.231. The van der Waals surface area contributed by atoms with Gasteiger partial charge in [-0.05, 0) is 30.9 Å². The van der Waals surface area contributed by atoms with Crippen molar-refractivity contribution in [1.29, 1.82) is 0 Å². The quantitative estimate of drug-likeness (QED) is 0.841. The molecule has 2 amide bonds. The fraction of sp³-hybridized carbons (Fsp3) is 0.467. The minimum absolute atomic E-state index is 0.271. The highest BCUT2D eigenvalue weighted by molar-refractivity contribution is 5.94. The van der Waals surface area contributed by atoms with Crippen LogP contribution in [0.1, 0.15) is 12.8 Å². The number of carbonyl (C=O) groups is 2. The van der Waals surface area contributed by atoms with Crippen molar-refractivity contribution >= 4 is 23.4 Å². The van der Waals surface area contributed by atoms with Gasteiger partial charge in [0.05, 0.1) is 11.4 Å². The second-order valence-electron chi connectivity index (χ2n) is 5.56. The first kappa shape index (κ1) is 15.2. The minimum atomic E-state index is -0.994. The molecule has 6 heteroatoms. The smallest absolute Gasteiger partial charge is 0.323 e. The summed E-state index contributed by atoms with van der Waals surface area (Å²) in [6, 6.07) is 7.08. The van der Waals surface area contributed by atoms with Gasteiger partial charge in [-0.2, -0.15) is 0 Å². The molecule has 114 valence electrons. The van der Waals surface area contributed by atoms with Gasteiger partial charge in [-0.3, -0.25) is 4.79 Å². The van der Waals surface area contributed by atoms with Crippen LogP contribution in [-0.4, -0.2) is 49.2 Å². The second kappa shape index (κ2) is 6.47. The number of hydrogen-bond donors (Lipinski definition) is 2. The van der Waals surface area contributed by atoms with Gasteiger partial charge in [0.25, 0.3) is 0 Å². The van der Waals surface area contributed by atoms with E-state index in [1.807, 2.05) is 43.3 Å². The molecule has 6 nitrogen and oxygen atoms in total. The van der Waals surface area contributed by atoms with Gasteiger partial charge in [0, 0.05) is 20.6 Å². The molecule has 0 radical (unpaired) electrons. The van der Waals surface area contributed by atoms with Crippen LogP contribution in [0.15, 0.2) is 24.3 Å². The molecule has 0 bridgehead atoms. The molecule has 1 aliphatic carbocycles. The van der Waals surface area contributed by atoms with Gasteiger partial charge in [-0.15, -0.1) is 0 Å². The molecule has 1 aromatic carbocycles. The number of aliphatic carboxylic acids is 1. The molecule has 0 spiro atoms. The molecule has 0 heterocycles. The largest absolute Gasteiger partial charge is 0.480 e. The number of anilines is 2. The maximum atomic E-state index is 12.3. The number of urea groups is 1. The number of nitrogens with zero attached hydrogens (tertiary/aromatic N) is 2. The van der Waals surface area contributed by atoms with Crippen molar-refractivity contribution in [1.82, 2.24) is 4.90 Å². The number of carboxylic acid groups (broad SMARTS) is 1. The zero-order chi connectivity index (χ0) is 15.4. The van der Waals surface area contributed by atoms with Gasteiger partial charge in [0.2, 0.25) is 0 Å². The molecule has 1 saturated carbocycles. The summed E-state index contributed by atoms with van der Waals surface area (Å²) in [5.41, 5.74) is 1.56. The number of para-hydroxylation sites is 2. The van der Waals surface area contributed by atoms with E-state index in [9.17, 15) is 9.59 Å². The first-order chi connectivity index (χ1) is 9.97. The van der Waals surface area contributed by atoms with Crippen LogP contribution in [0, 0.1) is 5.92 Å². The van der Waals surface area contributed by atoms with E-state index in [-0.39, 0.29) is 12.6 Å². The third-order valence-corrected chi connectivity index (χ3v) is 3.42. The van der Waals surface area contributed by atoms with Crippen LogP contribution < -0.4 is 10.2 Å². The Balaban J connectivity index is 2.08. The van der Waals surface area contributed by atoms with E-state index in [4.69, 9.17) is 5.11 Å². The van der Waals surface area contributed by atoms with Crippen molar-refractivity contribution in [3.63, 3.8) is 0 Å². The van der Waals surface area contributed by atoms with Crippen LogP contribution in [0.2, 0.25) is 0 Å². The van der Waals surface area contributed by atoms with E-state index in [2.05, 4.69) is 5.32 Å². The Kier molecular flexibility index (Phi) is 4.67. The zero-order valence-electron chi connectivity index (χ0n) is 12.4. The van der Waals surface area contributed by atoms with Crippen molar-refractivity contribution in [3.8, 4) is 0 Å². The highest BCUT2D eigenvalue weighted by atomic mass is 16.4. The standard InChI is InChI=1S/C15H21N3O3/c1-17(2)13-6-4-3-5-12(13)16-15(21)18(10-14(19)20)9-11-7-8-11/h3-6,11H,7-10H2,1-2H3,(H,16,21)(H,19,20). The predicted molar refractivity (Wildman–Crippen MR) is 81.7 cm³/mol. The van der Waals surface area contributed by atoms with Gasteiger partial charge in [0.1, 0.15) is 6.54 Å². The normalized spacial score (nSPS) is 13.6.